The van der Waals surface area contributed by atoms with Crippen molar-refractivity contribution in [3.05, 3.63) is 50.7 Å². The Labute approximate surface area is 163 Å². The average molecular weight is 408 g/mol. The van der Waals surface area contributed by atoms with Crippen molar-refractivity contribution in [2.45, 2.75) is 0 Å². The van der Waals surface area contributed by atoms with Crippen LogP contribution in [0.2, 0.25) is 5.02 Å². The molecule has 2 aromatic rings. The van der Waals surface area contributed by atoms with Crippen LogP contribution in [-0.2, 0) is 19.1 Å². The predicted octanol–water partition coefficient (Wildman–Crippen LogP) is 3.15. The Balaban J connectivity index is 1.59. The Bertz CT molecular complexity index is 936. The third-order valence-electron chi connectivity index (χ3n) is 3.59. The minimum atomic E-state index is -0.672. The number of benzene rings is 1. The van der Waals surface area contributed by atoms with E-state index in [9.17, 15) is 14.4 Å². The molecule has 0 bridgehead atoms. The molecule has 3 rings (SSSR count). The molecule has 1 amide bonds. The third kappa shape index (κ3) is 4.47. The molecule has 1 aromatic carbocycles. The number of carbonyl (C=O) groups is 3. The quantitative estimate of drug-likeness (QED) is 0.765. The molecule has 0 unspecified atom stereocenters. The number of anilines is 1. The van der Waals surface area contributed by atoms with E-state index in [4.69, 9.17) is 21.1 Å². The molecular weight excluding hydrogens is 394 g/mol. The van der Waals surface area contributed by atoms with Gasteiger partial charge in [-0.25, -0.2) is 9.59 Å². The molecule has 0 saturated heterocycles. The first-order valence-electron chi connectivity index (χ1n) is 7.73. The fourth-order valence-corrected chi connectivity index (χ4v) is 3.28. The highest BCUT2D eigenvalue weighted by Crippen LogP contribution is 2.29. The molecule has 1 aliphatic rings. The Morgan fingerprint density at radius 1 is 1.26 bits per heavy atom. The first-order valence-corrected chi connectivity index (χ1v) is 8.99. The second-order valence-electron chi connectivity index (χ2n) is 5.42. The first-order chi connectivity index (χ1) is 13.0. The van der Waals surface area contributed by atoms with Gasteiger partial charge in [-0.2, -0.15) is 0 Å². The van der Waals surface area contributed by atoms with Gasteiger partial charge in [0.2, 0.25) is 0 Å². The zero-order valence-corrected chi connectivity index (χ0v) is 15.7. The van der Waals surface area contributed by atoms with Gasteiger partial charge in [0.05, 0.1) is 18.4 Å². The summed E-state index contributed by atoms with van der Waals surface area (Å²) >= 11 is 7.07. The van der Waals surface area contributed by atoms with Gasteiger partial charge in [0.1, 0.15) is 17.2 Å². The Morgan fingerprint density at radius 2 is 2.07 bits per heavy atom. The van der Waals surface area contributed by atoms with E-state index in [1.54, 1.807) is 35.7 Å². The van der Waals surface area contributed by atoms with Gasteiger partial charge in [-0.15, -0.1) is 11.3 Å². The van der Waals surface area contributed by atoms with Crippen LogP contribution in [0.3, 0.4) is 0 Å². The molecule has 0 atom stereocenters. The summed E-state index contributed by atoms with van der Waals surface area (Å²) in [4.78, 5) is 36.0. The Hall–Kier alpha value is -2.84. The molecule has 2 heterocycles. The zero-order chi connectivity index (χ0) is 19.4. The van der Waals surface area contributed by atoms with E-state index in [0.29, 0.717) is 22.0 Å². The maximum atomic E-state index is 12.2. The van der Waals surface area contributed by atoms with Gasteiger partial charge >= 0.3 is 11.9 Å². The Morgan fingerprint density at radius 3 is 2.85 bits per heavy atom. The lowest BCUT2D eigenvalue weighted by molar-refractivity contribution is -0.143. The van der Waals surface area contributed by atoms with Gasteiger partial charge in [0, 0.05) is 10.6 Å². The number of methoxy groups -OCH3 is 1. The summed E-state index contributed by atoms with van der Waals surface area (Å²) in [5, 5.41) is 4.67. The number of rotatable bonds is 5. The fourth-order valence-electron chi connectivity index (χ4n) is 2.33. The summed E-state index contributed by atoms with van der Waals surface area (Å²) in [7, 11) is 1.25. The molecule has 0 spiro atoms. The summed E-state index contributed by atoms with van der Waals surface area (Å²) in [6.45, 7) is -0.471. The van der Waals surface area contributed by atoms with Crippen LogP contribution in [0.5, 0.6) is 5.75 Å². The van der Waals surface area contributed by atoms with E-state index in [1.807, 2.05) is 0 Å². The van der Waals surface area contributed by atoms with Crippen molar-refractivity contribution in [3.8, 4) is 5.75 Å². The Kier molecular flexibility index (Phi) is 5.78. The SMILES string of the molecule is COC(=O)c1sccc1NC(=O)COC(=O)C1=Cc2cc(Cl)ccc2OC1. The summed E-state index contributed by atoms with van der Waals surface area (Å²) in [5.74, 6) is -1.19. The molecule has 0 saturated carbocycles. The maximum absolute atomic E-state index is 12.2. The number of esters is 2. The van der Waals surface area contributed by atoms with Gasteiger partial charge in [0.25, 0.3) is 5.91 Å². The van der Waals surface area contributed by atoms with E-state index in [0.717, 1.165) is 11.3 Å². The highest BCUT2D eigenvalue weighted by Gasteiger charge is 2.20. The summed E-state index contributed by atoms with van der Waals surface area (Å²) in [6.07, 6.45) is 1.61. The van der Waals surface area contributed by atoms with Crippen molar-refractivity contribution >= 4 is 52.5 Å². The zero-order valence-electron chi connectivity index (χ0n) is 14.1. The fraction of sp³-hybridized carbons (Fsp3) is 0.167. The van der Waals surface area contributed by atoms with E-state index >= 15 is 0 Å². The lowest BCUT2D eigenvalue weighted by Crippen LogP contribution is -2.24. The lowest BCUT2D eigenvalue weighted by Gasteiger charge is -2.17. The number of halogens is 1. The van der Waals surface area contributed by atoms with Gasteiger partial charge in [-0.3, -0.25) is 4.79 Å². The number of carbonyl (C=O) groups excluding carboxylic acids is 3. The van der Waals surface area contributed by atoms with Crippen LogP contribution in [0, 0.1) is 0 Å². The molecule has 0 aliphatic carbocycles. The van der Waals surface area contributed by atoms with Crippen molar-refractivity contribution in [1.82, 2.24) is 0 Å². The van der Waals surface area contributed by atoms with Gasteiger partial charge in [0.15, 0.2) is 6.61 Å². The molecule has 0 radical (unpaired) electrons. The molecule has 1 aromatic heterocycles. The van der Waals surface area contributed by atoms with Gasteiger partial charge in [-0.1, -0.05) is 11.6 Å². The number of fused-ring (bicyclic) bond motifs is 1. The second-order valence-corrected chi connectivity index (χ2v) is 6.77. The van der Waals surface area contributed by atoms with Gasteiger partial charge < -0.3 is 19.5 Å². The average Bonchev–Trinajstić information content (AvgIpc) is 3.12. The van der Waals surface area contributed by atoms with E-state index in [-0.39, 0.29) is 17.1 Å². The monoisotopic (exact) mass is 407 g/mol. The summed E-state index contributed by atoms with van der Waals surface area (Å²) < 4.78 is 15.1. The number of hydrogen-bond acceptors (Lipinski definition) is 7. The molecule has 140 valence electrons. The standard InChI is InChI=1S/C18H14ClNO6S/c1-24-18(23)16-13(4-5-27-16)20-15(21)9-26-17(22)11-6-10-7-12(19)2-3-14(10)25-8-11/h2-7H,8-9H2,1H3,(H,20,21). The largest absolute Gasteiger partial charge is 0.488 e. The molecule has 9 heteroatoms. The summed E-state index contributed by atoms with van der Waals surface area (Å²) in [6, 6.07) is 6.63. The molecule has 27 heavy (non-hydrogen) atoms. The number of thiophene rings is 1. The molecular formula is C18H14ClNO6S. The number of amides is 1. The topological polar surface area (TPSA) is 90.9 Å². The maximum Gasteiger partial charge on any atom is 0.350 e. The number of nitrogens with one attached hydrogen (secondary N) is 1. The summed E-state index contributed by atoms with van der Waals surface area (Å²) in [5.41, 5.74) is 1.23. The molecule has 1 N–H and O–H groups in total. The highest BCUT2D eigenvalue weighted by molar-refractivity contribution is 7.12. The van der Waals surface area contributed by atoms with E-state index in [2.05, 4.69) is 10.1 Å². The van der Waals surface area contributed by atoms with Crippen molar-refractivity contribution < 1.29 is 28.6 Å². The molecule has 0 fully saturated rings. The molecule has 7 nitrogen and oxygen atoms in total. The highest BCUT2D eigenvalue weighted by atomic mass is 35.5. The minimum Gasteiger partial charge on any atom is -0.488 e. The van der Waals surface area contributed by atoms with E-state index < -0.39 is 24.5 Å². The number of ether oxygens (including phenoxy) is 3. The number of hydrogen-bond donors (Lipinski definition) is 1. The smallest absolute Gasteiger partial charge is 0.350 e. The molecule has 1 aliphatic heterocycles. The van der Waals surface area contributed by atoms with Crippen molar-refractivity contribution in [2.75, 3.05) is 25.6 Å². The van der Waals surface area contributed by atoms with Crippen LogP contribution >= 0.6 is 22.9 Å². The van der Waals surface area contributed by atoms with Crippen molar-refractivity contribution in [2.24, 2.45) is 0 Å². The van der Waals surface area contributed by atoms with Crippen LogP contribution in [0.15, 0.2) is 35.2 Å². The predicted molar refractivity (Wildman–Crippen MR) is 100 cm³/mol. The minimum absolute atomic E-state index is 0.0338. The normalized spacial score (nSPS) is 12.3. The third-order valence-corrected chi connectivity index (χ3v) is 4.72. The van der Waals surface area contributed by atoms with Crippen LogP contribution in [0.25, 0.3) is 6.08 Å². The van der Waals surface area contributed by atoms with Crippen LogP contribution in [0.1, 0.15) is 15.2 Å². The van der Waals surface area contributed by atoms with Crippen LogP contribution in [-0.4, -0.2) is 38.2 Å². The van der Waals surface area contributed by atoms with Crippen LogP contribution < -0.4 is 10.1 Å². The van der Waals surface area contributed by atoms with Crippen LogP contribution in [0.4, 0.5) is 5.69 Å². The first kappa shape index (κ1) is 18.9. The van der Waals surface area contributed by atoms with Crippen molar-refractivity contribution in [1.29, 1.82) is 0 Å². The van der Waals surface area contributed by atoms with Gasteiger partial charge in [-0.05, 0) is 35.7 Å². The van der Waals surface area contributed by atoms with Crippen molar-refractivity contribution in [3.63, 3.8) is 0 Å². The second kappa shape index (κ2) is 8.24. The lowest BCUT2D eigenvalue weighted by atomic mass is 10.1. The van der Waals surface area contributed by atoms with E-state index in [1.165, 1.54) is 7.11 Å².